The van der Waals surface area contributed by atoms with E-state index in [-0.39, 0.29) is 0 Å². The molecule has 5 heteroatoms. The van der Waals surface area contributed by atoms with Gasteiger partial charge in [-0.15, -0.1) is 0 Å². The second-order valence-corrected chi connectivity index (χ2v) is 4.50. The molecule has 0 radical (unpaired) electrons. The van der Waals surface area contributed by atoms with Crippen molar-refractivity contribution < 1.29 is 4.74 Å². The zero-order chi connectivity index (χ0) is 11.5. The number of aromatic nitrogens is 1. The molecule has 0 fully saturated rings. The third kappa shape index (κ3) is 2.46. The molecule has 2 aromatic rings. The summed E-state index contributed by atoms with van der Waals surface area (Å²) in [4.78, 5) is 4.29. The summed E-state index contributed by atoms with van der Waals surface area (Å²) in [6.45, 7) is 2.05. The standard InChI is InChI=1S/C11H11ClN2OS/c1-2-8-6-16-11(14-8)15-10-5-7(12)3-4-9(10)13/h3-6H,2,13H2,1H3. The van der Waals surface area contributed by atoms with Gasteiger partial charge in [0.25, 0.3) is 5.19 Å². The van der Waals surface area contributed by atoms with E-state index in [1.807, 2.05) is 12.3 Å². The van der Waals surface area contributed by atoms with Crippen molar-refractivity contribution in [2.75, 3.05) is 5.73 Å². The Morgan fingerprint density at radius 3 is 3.00 bits per heavy atom. The fourth-order valence-corrected chi connectivity index (χ4v) is 2.11. The molecule has 2 N–H and O–H groups in total. The maximum atomic E-state index is 5.86. The summed E-state index contributed by atoms with van der Waals surface area (Å²) in [6.07, 6.45) is 0.894. The Balaban J connectivity index is 2.22. The quantitative estimate of drug-likeness (QED) is 0.849. The van der Waals surface area contributed by atoms with Crippen molar-refractivity contribution >= 4 is 28.6 Å². The number of hydrogen-bond acceptors (Lipinski definition) is 4. The Hall–Kier alpha value is -1.26. The molecular weight excluding hydrogens is 244 g/mol. The molecular formula is C11H11ClN2OS. The SMILES string of the molecule is CCc1csc(Oc2cc(Cl)ccc2N)n1. The molecule has 16 heavy (non-hydrogen) atoms. The average Bonchev–Trinajstić information content (AvgIpc) is 2.71. The highest BCUT2D eigenvalue weighted by Crippen LogP contribution is 2.31. The summed E-state index contributed by atoms with van der Waals surface area (Å²) in [5.41, 5.74) is 7.34. The van der Waals surface area contributed by atoms with Crippen LogP contribution in [0.3, 0.4) is 0 Å². The van der Waals surface area contributed by atoms with Gasteiger partial charge in [-0.2, -0.15) is 0 Å². The van der Waals surface area contributed by atoms with E-state index in [2.05, 4.69) is 4.98 Å². The van der Waals surface area contributed by atoms with Gasteiger partial charge >= 0.3 is 0 Å². The van der Waals surface area contributed by atoms with E-state index in [9.17, 15) is 0 Å². The van der Waals surface area contributed by atoms with Gasteiger partial charge in [0.2, 0.25) is 0 Å². The maximum Gasteiger partial charge on any atom is 0.278 e. The van der Waals surface area contributed by atoms with Gasteiger partial charge < -0.3 is 10.5 Å². The number of anilines is 1. The van der Waals surface area contributed by atoms with E-state index >= 15 is 0 Å². The molecule has 84 valence electrons. The van der Waals surface area contributed by atoms with Crippen molar-refractivity contribution in [1.29, 1.82) is 0 Å². The molecule has 0 aliphatic rings. The van der Waals surface area contributed by atoms with Gasteiger partial charge in [0.15, 0.2) is 5.75 Å². The molecule has 0 saturated carbocycles. The number of rotatable bonds is 3. The lowest BCUT2D eigenvalue weighted by Crippen LogP contribution is -1.91. The van der Waals surface area contributed by atoms with E-state index in [1.54, 1.807) is 18.2 Å². The summed E-state index contributed by atoms with van der Waals surface area (Å²) in [5.74, 6) is 0.546. The van der Waals surface area contributed by atoms with Gasteiger partial charge in [-0.1, -0.05) is 29.9 Å². The topological polar surface area (TPSA) is 48.1 Å². The minimum Gasteiger partial charge on any atom is -0.429 e. The van der Waals surface area contributed by atoms with Gasteiger partial charge in [-0.05, 0) is 18.6 Å². The van der Waals surface area contributed by atoms with Crippen LogP contribution in [0.2, 0.25) is 5.02 Å². The molecule has 1 aromatic carbocycles. The Morgan fingerprint density at radius 1 is 1.50 bits per heavy atom. The first kappa shape index (κ1) is 11.2. The molecule has 0 aliphatic heterocycles. The van der Waals surface area contributed by atoms with E-state index in [1.165, 1.54) is 11.3 Å². The molecule has 0 bridgehead atoms. The van der Waals surface area contributed by atoms with Crippen LogP contribution in [0.15, 0.2) is 23.6 Å². The predicted octanol–water partition coefficient (Wildman–Crippen LogP) is 3.73. The van der Waals surface area contributed by atoms with Gasteiger partial charge in [0.1, 0.15) is 0 Å². The van der Waals surface area contributed by atoms with Crippen LogP contribution < -0.4 is 10.5 Å². The molecule has 0 spiro atoms. The van der Waals surface area contributed by atoms with Gasteiger partial charge in [-0.25, -0.2) is 4.98 Å². The number of nitrogen functional groups attached to an aromatic ring is 1. The average molecular weight is 255 g/mol. The Morgan fingerprint density at radius 2 is 2.31 bits per heavy atom. The van der Waals surface area contributed by atoms with Crippen LogP contribution in [0.5, 0.6) is 10.9 Å². The molecule has 1 heterocycles. The number of aryl methyl sites for hydroxylation is 1. The highest BCUT2D eigenvalue weighted by Gasteiger charge is 2.06. The van der Waals surface area contributed by atoms with Crippen molar-refractivity contribution in [2.45, 2.75) is 13.3 Å². The molecule has 0 unspecified atom stereocenters. The Labute approximate surface area is 103 Å². The number of halogens is 1. The van der Waals surface area contributed by atoms with E-state index in [4.69, 9.17) is 22.1 Å². The van der Waals surface area contributed by atoms with Crippen molar-refractivity contribution in [2.24, 2.45) is 0 Å². The molecule has 0 amide bonds. The predicted molar refractivity (Wildman–Crippen MR) is 67.4 cm³/mol. The highest BCUT2D eigenvalue weighted by molar-refractivity contribution is 7.11. The van der Waals surface area contributed by atoms with Gasteiger partial charge in [0, 0.05) is 16.5 Å². The smallest absolute Gasteiger partial charge is 0.278 e. The zero-order valence-corrected chi connectivity index (χ0v) is 10.3. The number of nitrogens with zero attached hydrogens (tertiary/aromatic N) is 1. The molecule has 0 aliphatic carbocycles. The van der Waals surface area contributed by atoms with Crippen LogP contribution in [-0.4, -0.2) is 4.98 Å². The number of hydrogen-bond donors (Lipinski definition) is 1. The Bertz CT molecular complexity index is 498. The second-order valence-electron chi connectivity index (χ2n) is 3.24. The summed E-state index contributed by atoms with van der Waals surface area (Å²) in [5, 5.41) is 3.15. The van der Waals surface area contributed by atoms with Crippen LogP contribution in [-0.2, 0) is 6.42 Å². The zero-order valence-electron chi connectivity index (χ0n) is 8.74. The lowest BCUT2D eigenvalue weighted by atomic mass is 10.3. The highest BCUT2D eigenvalue weighted by atomic mass is 35.5. The maximum absolute atomic E-state index is 5.86. The fraction of sp³-hybridized carbons (Fsp3) is 0.182. The van der Waals surface area contributed by atoms with E-state index < -0.39 is 0 Å². The first-order chi connectivity index (χ1) is 7.69. The van der Waals surface area contributed by atoms with Crippen LogP contribution in [0.25, 0.3) is 0 Å². The second kappa shape index (κ2) is 4.72. The fourth-order valence-electron chi connectivity index (χ4n) is 1.19. The molecule has 1 aromatic heterocycles. The minimum absolute atomic E-state index is 0.546. The van der Waals surface area contributed by atoms with E-state index in [0.717, 1.165) is 12.1 Å². The first-order valence-corrected chi connectivity index (χ1v) is 6.12. The van der Waals surface area contributed by atoms with Crippen LogP contribution in [0.1, 0.15) is 12.6 Å². The number of benzene rings is 1. The molecule has 0 atom stereocenters. The van der Waals surface area contributed by atoms with Crippen LogP contribution in [0.4, 0.5) is 5.69 Å². The summed E-state index contributed by atoms with van der Waals surface area (Å²) >= 11 is 7.31. The summed E-state index contributed by atoms with van der Waals surface area (Å²) in [6, 6.07) is 5.12. The number of thiazole rings is 1. The lowest BCUT2D eigenvalue weighted by Gasteiger charge is -2.05. The molecule has 2 rings (SSSR count). The summed E-state index contributed by atoms with van der Waals surface area (Å²) in [7, 11) is 0. The van der Waals surface area contributed by atoms with Crippen LogP contribution >= 0.6 is 22.9 Å². The Kier molecular flexibility index (Phi) is 3.31. The first-order valence-electron chi connectivity index (χ1n) is 4.86. The van der Waals surface area contributed by atoms with Crippen LogP contribution in [0, 0.1) is 0 Å². The minimum atomic E-state index is 0.546. The van der Waals surface area contributed by atoms with Crippen molar-refractivity contribution in [3.63, 3.8) is 0 Å². The number of ether oxygens (including phenoxy) is 1. The molecule has 3 nitrogen and oxygen atoms in total. The monoisotopic (exact) mass is 254 g/mol. The normalized spacial score (nSPS) is 10.4. The van der Waals surface area contributed by atoms with E-state index in [0.29, 0.717) is 21.7 Å². The third-order valence-electron chi connectivity index (χ3n) is 2.07. The van der Waals surface area contributed by atoms with Gasteiger partial charge in [0.05, 0.1) is 11.4 Å². The lowest BCUT2D eigenvalue weighted by molar-refractivity contribution is 0.479. The summed E-state index contributed by atoms with van der Waals surface area (Å²) < 4.78 is 5.57. The van der Waals surface area contributed by atoms with Crippen molar-refractivity contribution in [3.05, 3.63) is 34.3 Å². The van der Waals surface area contributed by atoms with Crippen molar-refractivity contribution in [3.8, 4) is 10.9 Å². The molecule has 0 saturated heterocycles. The van der Waals surface area contributed by atoms with Gasteiger partial charge in [-0.3, -0.25) is 0 Å². The number of nitrogens with two attached hydrogens (primary N) is 1. The van der Waals surface area contributed by atoms with Crippen molar-refractivity contribution in [1.82, 2.24) is 4.98 Å². The largest absolute Gasteiger partial charge is 0.429 e. The third-order valence-corrected chi connectivity index (χ3v) is 3.07.